The zero-order chi connectivity index (χ0) is 14.2. The highest BCUT2D eigenvalue weighted by Crippen LogP contribution is 2.21. The Morgan fingerprint density at radius 2 is 1.90 bits per heavy atom. The Kier molecular flexibility index (Phi) is 6.25. The van der Waals surface area contributed by atoms with Crippen molar-refractivity contribution in [2.24, 2.45) is 5.92 Å². The van der Waals surface area contributed by atoms with E-state index in [1.54, 1.807) is 0 Å². The molecule has 0 atom stereocenters. The topological polar surface area (TPSA) is 47.0 Å². The van der Waals surface area contributed by atoms with Gasteiger partial charge in [-0.3, -0.25) is 0 Å². The van der Waals surface area contributed by atoms with Crippen LogP contribution in [0, 0.1) is 5.92 Å². The fraction of sp³-hybridized carbons (Fsp3) is 0.750. The van der Waals surface area contributed by atoms with Crippen LogP contribution in [0.25, 0.3) is 0 Å². The number of aromatic nitrogens is 2. The molecule has 0 unspecified atom stereocenters. The van der Waals surface area contributed by atoms with Gasteiger partial charge in [-0.05, 0) is 44.2 Å². The molecule has 0 bridgehead atoms. The van der Waals surface area contributed by atoms with Gasteiger partial charge in [-0.2, -0.15) is 5.10 Å². The first-order chi connectivity index (χ1) is 9.74. The van der Waals surface area contributed by atoms with Gasteiger partial charge < -0.3 is 10.1 Å². The van der Waals surface area contributed by atoms with E-state index in [1.165, 1.54) is 25.7 Å². The Hall–Kier alpha value is -1.16. The van der Waals surface area contributed by atoms with Gasteiger partial charge in [-0.1, -0.05) is 26.7 Å². The summed E-state index contributed by atoms with van der Waals surface area (Å²) in [5.74, 6) is 1.32. The zero-order valence-corrected chi connectivity index (χ0v) is 12.8. The molecule has 20 heavy (non-hydrogen) atoms. The molecule has 2 rings (SSSR count). The molecule has 0 radical (unpaired) electrons. The van der Waals surface area contributed by atoms with Gasteiger partial charge >= 0.3 is 0 Å². The average Bonchev–Trinajstić information content (AvgIpc) is 2.69. The standard InChI is InChI=1S/C16H27N3O/c1-13(2)11-17-12-14-9-10-16(19-18-14)20-15-7-5-3-4-6-8-15/h9-10,13,15,17H,3-8,11-12H2,1-2H3. The molecular weight excluding hydrogens is 250 g/mol. The first-order valence-corrected chi connectivity index (χ1v) is 7.94. The van der Waals surface area contributed by atoms with E-state index in [-0.39, 0.29) is 0 Å². The third-order valence-electron chi connectivity index (χ3n) is 3.64. The molecule has 1 fully saturated rings. The minimum absolute atomic E-state index is 0.330. The summed E-state index contributed by atoms with van der Waals surface area (Å²) in [5, 5.41) is 11.8. The van der Waals surface area contributed by atoms with E-state index in [9.17, 15) is 0 Å². The minimum Gasteiger partial charge on any atom is -0.473 e. The lowest BCUT2D eigenvalue weighted by molar-refractivity contribution is 0.174. The molecule has 4 nitrogen and oxygen atoms in total. The van der Waals surface area contributed by atoms with Gasteiger partial charge in [-0.15, -0.1) is 5.10 Å². The van der Waals surface area contributed by atoms with Crippen LogP contribution in [0.2, 0.25) is 0 Å². The van der Waals surface area contributed by atoms with Gasteiger partial charge in [0.2, 0.25) is 5.88 Å². The lowest BCUT2D eigenvalue weighted by Crippen LogP contribution is -2.20. The van der Waals surface area contributed by atoms with Crippen molar-refractivity contribution in [3.63, 3.8) is 0 Å². The van der Waals surface area contributed by atoms with E-state index in [0.717, 1.165) is 31.6 Å². The van der Waals surface area contributed by atoms with Gasteiger partial charge in [0, 0.05) is 12.6 Å². The summed E-state index contributed by atoms with van der Waals surface area (Å²) in [7, 11) is 0. The van der Waals surface area contributed by atoms with Gasteiger partial charge in [0.15, 0.2) is 0 Å². The smallest absolute Gasteiger partial charge is 0.233 e. The van der Waals surface area contributed by atoms with Gasteiger partial charge in [0.25, 0.3) is 0 Å². The van der Waals surface area contributed by atoms with E-state index < -0.39 is 0 Å². The van der Waals surface area contributed by atoms with Crippen LogP contribution < -0.4 is 10.1 Å². The molecule has 1 heterocycles. The largest absolute Gasteiger partial charge is 0.473 e. The van der Waals surface area contributed by atoms with Crippen molar-refractivity contribution in [1.82, 2.24) is 15.5 Å². The number of hydrogen-bond acceptors (Lipinski definition) is 4. The van der Waals surface area contributed by atoms with Crippen molar-refractivity contribution in [2.45, 2.75) is 65.0 Å². The molecule has 0 spiro atoms. The van der Waals surface area contributed by atoms with Crippen LogP contribution in [-0.2, 0) is 6.54 Å². The molecule has 0 amide bonds. The normalized spacial score (nSPS) is 17.1. The summed E-state index contributed by atoms with van der Waals surface area (Å²) < 4.78 is 5.94. The van der Waals surface area contributed by atoms with Crippen molar-refractivity contribution < 1.29 is 4.74 Å². The van der Waals surface area contributed by atoms with E-state index >= 15 is 0 Å². The number of hydrogen-bond donors (Lipinski definition) is 1. The summed E-state index contributed by atoms with van der Waals surface area (Å²) in [6.45, 7) is 6.17. The van der Waals surface area contributed by atoms with E-state index in [2.05, 4.69) is 29.4 Å². The summed E-state index contributed by atoms with van der Waals surface area (Å²) in [5.41, 5.74) is 0.971. The number of ether oxygens (including phenoxy) is 1. The first-order valence-electron chi connectivity index (χ1n) is 7.94. The highest BCUT2D eigenvalue weighted by atomic mass is 16.5. The quantitative estimate of drug-likeness (QED) is 0.810. The summed E-state index contributed by atoms with van der Waals surface area (Å²) >= 11 is 0. The highest BCUT2D eigenvalue weighted by molar-refractivity contribution is 5.11. The van der Waals surface area contributed by atoms with Crippen LogP contribution in [0.4, 0.5) is 0 Å². The maximum absolute atomic E-state index is 5.94. The SMILES string of the molecule is CC(C)CNCc1ccc(OC2CCCCCC2)nn1. The number of rotatable bonds is 6. The Balaban J connectivity index is 1.78. The van der Waals surface area contributed by atoms with E-state index in [4.69, 9.17) is 4.74 Å². The van der Waals surface area contributed by atoms with Crippen molar-refractivity contribution in [3.05, 3.63) is 17.8 Å². The fourth-order valence-corrected chi connectivity index (χ4v) is 2.52. The predicted octanol–water partition coefficient (Wildman–Crippen LogP) is 3.32. The first kappa shape index (κ1) is 15.2. The van der Waals surface area contributed by atoms with E-state index in [0.29, 0.717) is 17.9 Å². The number of nitrogens with zero attached hydrogens (tertiary/aromatic N) is 2. The third kappa shape index (κ3) is 5.45. The Bertz CT molecular complexity index is 370. The zero-order valence-electron chi connectivity index (χ0n) is 12.8. The maximum atomic E-state index is 5.94. The van der Waals surface area contributed by atoms with Gasteiger partial charge in [0.1, 0.15) is 6.10 Å². The second-order valence-electron chi connectivity index (χ2n) is 6.12. The van der Waals surface area contributed by atoms with Crippen molar-refractivity contribution in [3.8, 4) is 5.88 Å². The Labute approximate surface area is 122 Å². The molecule has 0 aliphatic heterocycles. The molecular formula is C16H27N3O. The molecule has 0 saturated heterocycles. The highest BCUT2D eigenvalue weighted by Gasteiger charge is 2.14. The maximum Gasteiger partial charge on any atom is 0.233 e. The summed E-state index contributed by atoms with van der Waals surface area (Å²) in [4.78, 5) is 0. The Morgan fingerprint density at radius 3 is 2.50 bits per heavy atom. The second kappa shape index (κ2) is 8.20. The molecule has 112 valence electrons. The van der Waals surface area contributed by atoms with Crippen LogP contribution in [0.15, 0.2) is 12.1 Å². The van der Waals surface area contributed by atoms with Crippen molar-refractivity contribution in [1.29, 1.82) is 0 Å². The van der Waals surface area contributed by atoms with Gasteiger partial charge in [0.05, 0.1) is 5.69 Å². The van der Waals surface area contributed by atoms with Crippen LogP contribution in [0.5, 0.6) is 5.88 Å². The lowest BCUT2D eigenvalue weighted by atomic mass is 10.1. The summed E-state index contributed by atoms with van der Waals surface area (Å²) in [6.07, 6.45) is 7.86. The average molecular weight is 277 g/mol. The third-order valence-corrected chi connectivity index (χ3v) is 3.64. The van der Waals surface area contributed by atoms with Crippen LogP contribution >= 0.6 is 0 Å². The molecule has 0 aromatic carbocycles. The van der Waals surface area contributed by atoms with E-state index in [1.807, 2.05) is 12.1 Å². The minimum atomic E-state index is 0.330. The van der Waals surface area contributed by atoms with Crippen LogP contribution in [0.3, 0.4) is 0 Å². The molecule has 1 N–H and O–H groups in total. The van der Waals surface area contributed by atoms with Gasteiger partial charge in [-0.25, -0.2) is 0 Å². The molecule has 1 saturated carbocycles. The molecule has 1 aromatic heterocycles. The van der Waals surface area contributed by atoms with Crippen LogP contribution in [-0.4, -0.2) is 22.8 Å². The monoisotopic (exact) mass is 277 g/mol. The summed E-state index contributed by atoms with van der Waals surface area (Å²) in [6, 6.07) is 3.96. The lowest BCUT2D eigenvalue weighted by Gasteiger charge is -2.15. The molecule has 1 aliphatic carbocycles. The second-order valence-corrected chi connectivity index (χ2v) is 6.12. The fourth-order valence-electron chi connectivity index (χ4n) is 2.52. The molecule has 1 aromatic rings. The Morgan fingerprint density at radius 1 is 1.15 bits per heavy atom. The molecule has 4 heteroatoms. The predicted molar refractivity (Wildman–Crippen MR) is 80.7 cm³/mol. The van der Waals surface area contributed by atoms with Crippen molar-refractivity contribution >= 4 is 0 Å². The van der Waals surface area contributed by atoms with Crippen LogP contribution in [0.1, 0.15) is 58.1 Å². The number of nitrogens with one attached hydrogen (secondary N) is 1. The molecule has 1 aliphatic rings. The van der Waals surface area contributed by atoms with Crippen molar-refractivity contribution in [2.75, 3.05) is 6.54 Å².